The fourth-order valence-corrected chi connectivity index (χ4v) is 4.87. The number of amides is 1. The minimum atomic E-state index is -1.20. The van der Waals surface area contributed by atoms with E-state index in [9.17, 15) is 15.0 Å². The molecule has 1 saturated heterocycles. The number of rotatable bonds is 6. The van der Waals surface area contributed by atoms with Crippen LogP contribution in [-0.4, -0.2) is 50.0 Å². The fourth-order valence-electron chi connectivity index (χ4n) is 4.87. The molecule has 1 amide bonds. The molecule has 1 aliphatic heterocycles. The zero-order valence-electron chi connectivity index (χ0n) is 20.5. The van der Waals surface area contributed by atoms with Crippen molar-refractivity contribution in [3.05, 3.63) is 78.1 Å². The van der Waals surface area contributed by atoms with Gasteiger partial charge in [-0.05, 0) is 75.1 Å². The normalized spacial score (nSPS) is 15.7. The Morgan fingerprint density at radius 2 is 1.86 bits per heavy atom. The molecule has 0 radical (unpaired) electrons. The smallest absolute Gasteiger partial charge is 0.253 e. The SMILES string of the molecule is CC(C)(O)C1CCN(c2ccc(-c3n[nH]c4ccc(C(=O)NC(O)c5ccccn5)cc34)cc2)CC1. The number of carbonyl (C=O) groups excluding carboxylic acids is 1. The molecule has 36 heavy (non-hydrogen) atoms. The van der Waals surface area contributed by atoms with E-state index in [2.05, 4.69) is 37.5 Å². The summed E-state index contributed by atoms with van der Waals surface area (Å²) >= 11 is 0. The van der Waals surface area contributed by atoms with Gasteiger partial charge in [0.25, 0.3) is 5.91 Å². The lowest BCUT2D eigenvalue weighted by atomic mass is 9.83. The summed E-state index contributed by atoms with van der Waals surface area (Å²) < 4.78 is 0. The second-order valence-corrected chi connectivity index (χ2v) is 9.93. The second-order valence-electron chi connectivity index (χ2n) is 9.93. The number of aromatic amines is 1. The standard InChI is InChI=1S/C28H31N5O3/c1-28(2,36)20-12-15-33(16-13-20)21-9-6-18(7-10-21)25-22-17-19(8-11-23(22)31-32-25)26(34)30-27(35)24-5-3-4-14-29-24/h3-11,14,17,20,27,35-36H,12-13,15-16H2,1-2H3,(H,30,34)(H,31,32). The van der Waals surface area contributed by atoms with Crippen LogP contribution in [0.4, 0.5) is 5.69 Å². The highest BCUT2D eigenvalue weighted by molar-refractivity contribution is 6.01. The third kappa shape index (κ3) is 4.96. The number of H-pyrrole nitrogens is 1. The van der Waals surface area contributed by atoms with Crippen molar-refractivity contribution in [1.82, 2.24) is 20.5 Å². The van der Waals surface area contributed by atoms with E-state index in [1.807, 2.05) is 32.0 Å². The topological polar surface area (TPSA) is 114 Å². The van der Waals surface area contributed by atoms with Crippen LogP contribution in [0.25, 0.3) is 22.2 Å². The van der Waals surface area contributed by atoms with Gasteiger partial charge in [0.15, 0.2) is 6.23 Å². The monoisotopic (exact) mass is 485 g/mol. The van der Waals surface area contributed by atoms with Crippen LogP contribution in [0.3, 0.4) is 0 Å². The summed E-state index contributed by atoms with van der Waals surface area (Å²) in [6, 6.07) is 18.7. The average molecular weight is 486 g/mol. The highest BCUT2D eigenvalue weighted by atomic mass is 16.3. The van der Waals surface area contributed by atoms with E-state index >= 15 is 0 Å². The molecule has 186 valence electrons. The molecule has 0 aliphatic carbocycles. The van der Waals surface area contributed by atoms with E-state index in [-0.39, 0.29) is 0 Å². The Balaban J connectivity index is 1.32. The maximum absolute atomic E-state index is 12.8. The molecule has 0 spiro atoms. The highest BCUT2D eigenvalue weighted by Crippen LogP contribution is 2.32. The van der Waals surface area contributed by atoms with E-state index in [4.69, 9.17) is 0 Å². The summed E-state index contributed by atoms with van der Waals surface area (Å²) in [6.45, 7) is 5.63. The first-order chi connectivity index (χ1) is 17.3. The van der Waals surface area contributed by atoms with E-state index in [1.54, 1.807) is 36.5 Å². The number of aromatic nitrogens is 3. The third-order valence-electron chi connectivity index (χ3n) is 7.06. The highest BCUT2D eigenvalue weighted by Gasteiger charge is 2.30. The first-order valence-electron chi connectivity index (χ1n) is 12.3. The first kappa shape index (κ1) is 24.0. The molecule has 1 atom stereocenters. The minimum Gasteiger partial charge on any atom is -0.390 e. The van der Waals surface area contributed by atoms with Gasteiger partial charge >= 0.3 is 0 Å². The van der Waals surface area contributed by atoms with Crippen molar-refractivity contribution in [3.8, 4) is 11.3 Å². The molecule has 8 heteroatoms. The number of hydrogen-bond donors (Lipinski definition) is 4. The van der Waals surface area contributed by atoms with Crippen LogP contribution in [-0.2, 0) is 0 Å². The number of aliphatic hydroxyl groups is 2. The molecule has 1 fully saturated rings. The lowest BCUT2D eigenvalue weighted by Crippen LogP contribution is -2.41. The molecular formula is C28H31N5O3. The van der Waals surface area contributed by atoms with Crippen LogP contribution in [0.1, 0.15) is 49.0 Å². The minimum absolute atomic E-state index is 0.319. The summed E-state index contributed by atoms with van der Waals surface area (Å²) in [5.74, 6) is -0.0769. The first-order valence-corrected chi connectivity index (χ1v) is 12.3. The van der Waals surface area contributed by atoms with E-state index in [0.717, 1.165) is 53.8 Å². The summed E-state index contributed by atoms with van der Waals surface area (Å²) in [5, 5.41) is 31.6. The number of anilines is 1. The van der Waals surface area contributed by atoms with Crippen molar-refractivity contribution < 1.29 is 15.0 Å². The number of nitrogens with zero attached hydrogens (tertiary/aromatic N) is 3. The van der Waals surface area contributed by atoms with Crippen LogP contribution in [0.2, 0.25) is 0 Å². The van der Waals surface area contributed by atoms with Crippen molar-refractivity contribution in [2.24, 2.45) is 5.92 Å². The average Bonchev–Trinajstić information content (AvgIpc) is 3.32. The number of aliphatic hydroxyl groups excluding tert-OH is 1. The van der Waals surface area contributed by atoms with E-state index < -0.39 is 17.7 Å². The number of carbonyl (C=O) groups is 1. The van der Waals surface area contributed by atoms with E-state index in [0.29, 0.717) is 17.2 Å². The molecule has 1 unspecified atom stereocenters. The lowest BCUT2D eigenvalue weighted by Gasteiger charge is -2.38. The van der Waals surface area contributed by atoms with E-state index in [1.165, 1.54) is 0 Å². The van der Waals surface area contributed by atoms with Crippen LogP contribution in [0, 0.1) is 5.92 Å². The van der Waals surface area contributed by atoms with Gasteiger partial charge in [0.05, 0.1) is 22.5 Å². The molecule has 2 aromatic heterocycles. The second kappa shape index (κ2) is 9.72. The van der Waals surface area contributed by atoms with Crippen LogP contribution in [0.5, 0.6) is 0 Å². The molecule has 1 aliphatic rings. The number of piperidine rings is 1. The maximum atomic E-state index is 12.8. The molecule has 0 bridgehead atoms. The Hall–Kier alpha value is -3.75. The number of benzene rings is 2. The number of fused-ring (bicyclic) bond motifs is 1. The zero-order valence-corrected chi connectivity index (χ0v) is 20.5. The van der Waals surface area contributed by atoms with Crippen molar-refractivity contribution in [2.45, 2.75) is 38.5 Å². The number of hydrogen-bond acceptors (Lipinski definition) is 6. The molecule has 8 nitrogen and oxygen atoms in total. The van der Waals surface area contributed by atoms with Gasteiger partial charge in [0.1, 0.15) is 0 Å². The summed E-state index contributed by atoms with van der Waals surface area (Å²) in [5.41, 5.74) is 3.84. The molecule has 5 rings (SSSR count). The Morgan fingerprint density at radius 1 is 1.11 bits per heavy atom. The van der Waals surface area contributed by atoms with Gasteiger partial charge < -0.3 is 20.4 Å². The fraction of sp³-hybridized carbons (Fsp3) is 0.321. The van der Waals surface area contributed by atoms with Crippen LogP contribution in [0.15, 0.2) is 66.9 Å². The third-order valence-corrected chi connectivity index (χ3v) is 7.06. The Labute approximate surface area is 210 Å². The van der Waals surface area contributed by atoms with Crippen LogP contribution < -0.4 is 10.2 Å². The summed E-state index contributed by atoms with van der Waals surface area (Å²) in [6.07, 6.45) is 2.31. The molecule has 2 aromatic carbocycles. The van der Waals surface area contributed by atoms with Gasteiger partial charge in [-0.15, -0.1) is 0 Å². The van der Waals surface area contributed by atoms with Crippen molar-refractivity contribution >= 4 is 22.5 Å². The largest absolute Gasteiger partial charge is 0.390 e. The molecule has 4 aromatic rings. The molecular weight excluding hydrogens is 454 g/mol. The van der Waals surface area contributed by atoms with Crippen LogP contribution >= 0.6 is 0 Å². The molecule has 4 N–H and O–H groups in total. The van der Waals surface area contributed by atoms with Crippen molar-refractivity contribution in [3.63, 3.8) is 0 Å². The van der Waals surface area contributed by atoms with Gasteiger partial charge in [-0.1, -0.05) is 18.2 Å². The quantitative estimate of drug-likeness (QED) is 0.307. The number of nitrogens with one attached hydrogen (secondary N) is 2. The Bertz CT molecular complexity index is 1340. The summed E-state index contributed by atoms with van der Waals surface area (Å²) in [7, 11) is 0. The van der Waals surface area contributed by atoms with Gasteiger partial charge in [-0.3, -0.25) is 14.9 Å². The maximum Gasteiger partial charge on any atom is 0.253 e. The predicted octanol–water partition coefficient (Wildman–Crippen LogP) is 4.03. The van der Waals surface area contributed by atoms with Gasteiger partial charge in [0.2, 0.25) is 0 Å². The number of pyridine rings is 1. The lowest BCUT2D eigenvalue weighted by molar-refractivity contribution is 0.00651. The van der Waals surface area contributed by atoms with Gasteiger partial charge in [0, 0.05) is 41.5 Å². The van der Waals surface area contributed by atoms with Gasteiger partial charge in [-0.25, -0.2) is 0 Å². The molecule has 0 saturated carbocycles. The summed E-state index contributed by atoms with van der Waals surface area (Å²) in [4.78, 5) is 19.2. The zero-order chi connectivity index (χ0) is 25.3. The molecule has 3 heterocycles. The predicted molar refractivity (Wildman–Crippen MR) is 139 cm³/mol. The Kier molecular flexibility index (Phi) is 6.47. The Morgan fingerprint density at radius 3 is 2.53 bits per heavy atom. The van der Waals surface area contributed by atoms with Crippen molar-refractivity contribution in [1.29, 1.82) is 0 Å². The van der Waals surface area contributed by atoms with Crippen molar-refractivity contribution in [2.75, 3.05) is 18.0 Å². The van der Waals surface area contributed by atoms with Gasteiger partial charge in [-0.2, -0.15) is 5.10 Å².